The van der Waals surface area contributed by atoms with Crippen molar-refractivity contribution in [1.82, 2.24) is 19.9 Å². The Labute approximate surface area is 328 Å². The Morgan fingerprint density at radius 3 is 1.75 bits per heavy atom. The van der Waals surface area contributed by atoms with Crippen LogP contribution in [0.5, 0.6) is 0 Å². The van der Waals surface area contributed by atoms with Crippen molar-refractivity contribution in [3.8, 4) is 67.7 Å². The zero-order valence-electron chi connectivity index (χ0n) is 30.9. The minimum Gasteiger partial charge on any atom is -0.247 e. The maximum absolute atomic E-state index is 5.41. The molecule has 5 heteroatoms. The van der Waals surface area contributed by atoms with E-state index in [9.17, 15) is 0 Å². The third-order valence-electron chi connectivity index (χ3n) is 11.3. The number of rotatable bonds is 5. The molecule has 0 radical (unpaired) electrons. The fourth-order valence-electron chi connectivity index (χ4n) is 8.56. The lowest BCUT2D eigenvalue weighted by Crippen LogP contribution is -2.14. The van der Waals surface area contributed by atoms with Gasteiger partial charge >= 0.3 is 0 Å². The minimum absolute atomic E-state index is 0.0728. The molecule has 10 aromatic rings. The summed E-state index contributed by atoms with van der Waals surface area (Å²) < 4.78 is 2.51. The zero-order valence-corrected chi connectivity index (χ0v) is 31.7. The van der Waals surface area contributed by atoms with Crippen LogP contribution in [0, 0.1) is 0 Å². The van der Waals surface area contributed by atoms with Gasteiger partial charge in [0.25, 0.3) is 0 Å². The van der Waals surface area contributed by atoms with Gasteiger partial charge in [-0.1, -0.05) is 166 Å². The van der Waals surface area contributed by atoms with Crippen LogP contribution < -0.4 is 0 Å². The summed E-state index contributed by atoms with van der Waals surface area (Å²) in [5.41, 5.74) is 13.3. The van der Waals surface area contributed by atoms with Crippen molar-refractivity contribution in [2.75, 3.05) is 0 Å². The highest BCUT2D eigenvalue weighted by Crippen LogP contribution is 2.50. The molecular weight excluding hydrogens is 701 g/mol. The van der Waals surface area contributed by atoms with Crippen molar-refractivity contribution in [2.24, 2.45) is 0 Å². The second-order valence-corrected chi connectivity index (χ2v) is 16.1. The van der Waals surface area contributed by atoms with Crippen molar-refractivity contribution in [1.29, 1.82) is 0 Å². The number of hydrogen-bond donors (Lipinski definition) is 0. The molecule has 264 valence electrons. The SMILES string of the molecule is CC1(C)c2ccccc2-c2cc(-c3nc(-c4ccccc4)nc(-c4ccc(-c5nc6cccc(-c7ccccc7)c6c6sc7ccccc7c56)cc4)n3)ccc21. The van der Waals surface area contributed by atoms with Gasteiger partial charge in [-0.25, -0.2) is 19.9 Å². The molecule has 0 fully saturated rings. The standard InChI is InChI=1S/C51H34N4S/c1-51(2)40-21-11-9-18-37(40)39-30-35(28-29-41(39)51)50-54-48(33-16-7-4-8-17-33)53-49(55-50)34-26-24-32(25-27-34)46-45-38-19-10-12-23-43(38)56-47(45)44-36(20-13-22-42(44)52-46)31-14-5-3-6-15-31/h3-30H,1-2H3. The van der Waals surface area contributed by atoms with Crippen LogP contribution in [0.15, 0.2) is 170 Å². The molecule has 0 bridgehead atoms. The van der Waals surface area contributed by atoms with Gasteiger partial charge in [-0.2, -0.15) is 0 Å². The quantitative estimate of drug-likeness (QED) is 0.177. The van der Waals surface area contributed by atoms with Crippen LogP contribution in [0.1, 0.15) is 25.0 Å². The molecule has 0 N–H and O–H groups in total. The average Bonchev–Trinajstić information content (AvgIpc) is 3.76. The van der Waals surface area contributed by atoms with Crippen LogP contribution in [0.3, 0.4) is 0 Å². The van der Waals surface area contributed by atoms with E-state index in [2.05, 4.69) is 166 Å². The third kappa shape index (κ3) is 5.12. The van der Waals surface area contributed by atoms with E-state index >= 15 is 0 Å². The highest BCUT2D eigenvalue weighted by atomic mass is 32.1. The Kier molecular flexibility index (Phi) is 7.35. The number of hydrogen-bond acceptors (Lipinski definition) is 5. The minimum atomic E-state index is -0.0728. The molecule has 1 aliphatic rings. The van der Waals surface area contributed by atoms with Gasteiger partial charge in [0.2, 0.25) is 0 Å². The van der Waals surface area contributed by atoms with E-state index in [-0.39, 0.29) is 5.41 Å². The Bertz CT molecular complexity index is 3150. The van der Waals surface area contributed by atoms with E-state index in [1.54, 1.807) is 0 Å². The van der Waals surface area contributed by atoms with Crippen molar-refractivity contribution < 1.29 is 0 Å². The van der Waals surface area contributed by atoms with E-state index in [1.165, 1.54) is 58.9 Å². The van der Waals surface area contributed by atoms with Gasteiger partial charge in [0, 0.05) is 53.2 Å². The number of nitrogens with zero attached hydrogens (tertiary/aromatic N) is 4. The highest BCUT2D eigenvalue weighted by molar-refractivity contribution is 7.26. The largest absolute Gasteiger partial charge is 0.247 e. The summed E-state index contributed by atoms with van der Waals surface area (Å²) in [7, 11) is 0. The van der Waals surface area contributed by atoms with Gasteiger partial charge in [0.15, 0.2) is 17.5 Å². The molecule has 4 nitrogen and oxygen atoms in total. The summed E-state index contributed by atoms with van der Waals surface area (Å²) in [6, 6.07) is 59.9. The van der Waals surface area contributed by atoms with Crippen LogP contribution in [0.25, 0.3) is 98.7 Å². The molecule has 11 rings (SSSR count). The first-order valence-corrected chi connectivity index (χ1v) is 19.8. The first-order chi connectivity index (χ1) is 27.5. The van der Waals surface area contributed by atoms with Gasteiger partial charge in [-0.15, -0.1) is 11.3 Å². The molecule has 3 aromatic heterocycles. The maximum atomic E-state index is 5.41. The molecular formula is C51H34N4S. The molecule has 0 atom stereocenters. The molecule has 0 saturated heterocycles. The second-order valence-electron chi connectivity index (χ2n) is 15.0. The summed E-state index contributed by atoms with van der Waals surface area (Å²) in [5, 5.41) is 3.60. The van der Waals surface area contributed by atoms with Crippen molar-refractivity contribution in [3.63, 3.8) is 0 Å². The number of pyridine rings is 1. The Morgan fingerprint density at radius 1 is 0.411 bits per heavy atom. The lowest BCUT2D eigenvalue weighted by molar-refractivity contribution is 0.660. The van der Waals surface area contributed by atoms with Gasteiger partial charge in [0.1, 0.15) is 0 Å². The first-order valence-electron chi connectivity index (χ1n) is 19.0. The normalized spacial score (nSPS) is 13.0. The average molecular weight is 735 g/mol. The summed E-state index contributed by atoms with van der Waals surface area (Å²) in [6.45, 7) is 4.60. The third-order valence-corrected chi connectivity index (χ3v) is 12.5. The Morgan fingerprint density at radius 2 is 0.982 bits per heavy atom. The topological polar surface area (TPSA) is 51.6 Å². The van der Waals surface area contributed by atoms with Crippen LogP contribution in [0.4, 0.5) is 0 Å². The molecule has 0 spiro atoms. The van der Waals surface area contributed by atoms with Gasteiger partial charge in [0.05, 0.1) is 11.2 Å². The fraction of sp³-hybridized carbons (Fsp3) is 0.0588. The number of thiophene rings is 1. The second kappa shape index (κ2) is 12.6. The van der Waals surface area contributed by atoms with Gasteiger partial charge in [-0.05, 0) is 51.6 Å². The zero-order chi connectivity index (χ0) is 37.4. The van der Waals surface area contributed by atoms with Gasteiger partial charge in [-0.3, -0.25) is 0 Å². The number of aromatic nitrogens is 4. The van der Waals surface area contributed by atoms with Crippen LogP contribution in [-0.2, 0) is 5.41 Å². The molecule has 0 aliphatic heterocycles. The lowest BCUT2D eigenvalue weighted by Gasteiger charge is -2.21. The summed E-state index contributed by atoms with van der Waals surface area (Å²) in [5.74, 6) is 1.93. The number of fused-ring (bicyclic) bond motifs is 8. The molecule has 0 unspecified atom stereocenters. The lowest BCUT2D eigenvalue weighted by atomic mass is 9.82. The molecule has 1 aliphatic carbocycles. The van der Waals surface area contributed by atoms with E-state index < -0.39 is 0 Å². The Balaban J connectivity index is 1.06. The summed E-state index contributed by atoms with van der Waals surface area (Å²) in [4.78, 5) is 20.7. The van der Waals surface area contributed by atoms with Crippen molar-refractivity contribution in [3.05, 3.63) is 181 Å². The molecule has 0 amide bonds. The predicted octanol–water partition coefficient (Wildman–Crippen LogP) is 13.4. The first kappa shape index (κ1) is 32.6. The van der Waals surface area contributed by atoms with Gasteiger partial charge < -0.3 is 0 Å². The molecule has 56 heavy (non-hydrogen) atoms. The van der Waals surface area contributed by atoms with E-state index in [4.69, 9.17) is 19.9 Å². The van der Waals surface area contributed by atoms with Crippen LogP contribution >= 0.6 is 11.3 Å². The number of benzene rings is 7. The van der Waals surface area contributed by atoms with E-state index in [1.807, 2.05) is 29.5 Å². The summed E-state index contributed by atoms with van der Waals surface area (Å²) >= 11 is 1.84. The van der Waals surface area contributed by atoms with E-state index in [0.29, 0.717) is 17.5 Å². The monoisotopic (exact) mass is 734 g/mol. The van der Waals surface area contributed by atoms with Crippen molar-refractivity contribution in [2.45, 2.75) is 19.3 Å². The Hall–Kier alpha value is -6.82. The molecule has 7 aromatic carbocycles. The predicted molar refractivity (Wildman–Crippen MR) is 233 cm³/mol. The summed E-state index contributed by atoms with van der Waals surface area (Å²) in [6.07, 6.45) is 0. The van der Waals surface area contributed by atoms with E-state index in [0.717, 1.165) is 33.5 Å². The van der Waals surface area contributed by atoms with Crippen LogP contribution in [0.2, 0.25) is 0 Å². The maximum Gasteiger partial charge on any atom is 0.164 e. The highest BCUT2D eigenvalue weighted by Gasteiger charge is 2.35. The molecule has 0 saturated carbocycles. The van der Waals surface area contributed by atoms with Crippen LogP contribution in [-0.4, -0.2) is 19.9 Å². The van der Waals surface area contributed by atoms with Crippen molar-refractivity contribution >= 4 is 42.4 Å². The molecule has 3 heterocycles. The smallest absolute Gasteiger partial charge is 0.164 e. The fourth-order valence-corrected chi connectivity index (χ4v) is 9.83.